The van der Waals surface area contributed by atoms with Gasteiger partial charge in [0, 0.05) is 38.7 Å². The van der Waals surface area contributed by atoms with Gasteiger partial charge in [-0.15, -0.1) is 24.0 Å². The summed E-state index contributed by atoms with van der Waals surface area (Å²) in [5, 5.41) is 6.81. The zero-order valence-electron chi connectivity index (χ0n) is 20.2. The third-order valence-corrected chi connectivity index (χ3v) is 5.50. The number of benzene rings is 3. The second-order valence-corrected chi connectivity index (χ2v) is 8.18. The molecule has 0 bridgehead atoms. The van der Waals surface area contributed by atoms with Crippen LogP contribution < -0.4 is 10.6 Å². The quantitative estimate of drug-likeness (QED) is 0.209. The molecule has 0 fully saturated rings. The van der Waals surface area contributed by atoms with Crippen LogP contribution in [0.1, 0.15) is 46.3 Å². The van der Waals surface area contributed by atoms with Gasteiger partial charge in [0.05, 0.1) is 6.54 Å². The van der Waals surface area contributed by atoms with Crippen molar-refractivity contribution >= 4 is 35.8 Å². The first-order valence-corrected chi connectivity index (χ1v) is 11.5. The van der Waals surface area contributed by atoms with E-state index in [0.717, 1.165) is 31.0 Å². The van der Waals surface area contributed by atoms with Crippen molar-refractivity contribution in [1.29, 1.82) is 0 Å². The Morgan fingerprint density at radius 3 is 1.91 bits per heavy atom. The van der Waals surface area contributed by atoms with Crippen LogP contribution in [0.25, 0.3) is 0 Å². The number of nitrogens with zero attached hydrogens (tertiary/aromatic N) is 2. The van der Waals surface area contributed by atoms with E-state index >= 15 is 0 Å². The molecule has 3 aromatic rings. The molecule has 0 saturated heterocycles. The lowest BCUT2D eigenvalue weighted by Gasteiger charge is -2.19. The van der Waals surface area contributed by atoms with E-state index in [1.165, 1.54) is 11.1 Å². The normalized spacial score (nSPS) is 11.0. The maximum absolute atomic E-state index is 12.1. The highest BCUT2D eigenvalue weighted by atomic mass is 127. The van der Waals surface area contributed by atoms with E-state index in [1.54, 1.807) is 19.0 Å². The van der Waals surface area contributed by atoms with Crippen molar-refractivity contribution < 1.29 is 4.79 Å². The number of rotatable bonds is 9. The molecule has 2 N–H and O–H groups in total. The van der Waals surface area contributed by atoms with Crippen molar-refractivity contribution in [3.05, 3.63) is 107 Å². The first-order chi connectivity index (χ1) is 16.1. The molecule has 3 aromatic carbocycles. The molecule has 180 valence electrons. The second kappa shape index (κ2) is 14.4. The largest absolute Gasteiger partial charge is 0.357 e. The highest BCUT2D eigenvalue weighted by molar-refractivity contribution is 14.0. The third kappa shape index (κ3) is 8.17. The number of halogens is 1. The van der Waals surface area contributed by atoms with Gasteiger partial charge < -0.3 is 15.5 Å². The summed E-state index contributed by atoms with van der Waals surface area (Å²) in [4.78, 5) is 18.4. The van der Waals surface area contributed by atoms with Crippen molar-refractivity contribution in [3.8, 4) is 0 Å². The van der Waals surface area contributed by atoms with E-state index in [4.69, 9.17) is 4.99 Å². The molecule has 0 aliphatic heterocycles. The summed E-state index contributed by atoms with van der Waals surface area (Å²) < 4.78 is 0. The Morgan fingerprint density at radius 2 is 1.41 bits per heavy atom. The summed E-state index contributed by atoms with van der Waals surface area (Å²) in [5.41, 5.74) is 4.39. The number of guanidine groups is 1. The Morgan fingerprint density at radius 1 is 0.853 bits per heavy atom. The van der Waals surface area contributed by atoms with Crippen LogP contribution >= 0.6 is 24.0 Å². The van der Waals surface area contributed by atoms with Crippen molar-refractivity contribution in [1.82, 2.24) is 15.5 Å². The molecule has 0 radical (unpaired) electrons. The molecule has 6 heteroatoms. The van der Waals surface area contributed by atoms with Crippen molar-refractivity contribution in [2.45, 2.75) is 25.8 Å². The lowest BCUT2D eigenvalue weighted by atomic mass is 9.88. The van der Waals surface area contributed by atoms with Gasteiger partial charge in [-0.2, -0.15) is 0 Å². The minimum Gasteiger partial charge on any atom is -0.357 e. The van der Waals surface area contributed by atoms with E-state index in [1.807, 2.05) is 24.3 Å². The molecule has 34 heavy (non-hydrogen) atoms. The van der Waals surface area contributed by atoms with Crippen LogP contribution in [0.5, 0.6) is 0 Å². The maximum atomic E-state index is 12.1. The number of hydrogen-bond acceptors (Lipinski definition) is 2. The molecule has 5 nitrogen and oxygen atoms in total. The number of carbonyl (C=O) groups excluding carboxylic acids is 1. The molecule has 0 aromatic heterocycles. The molecule has 0 saturated carbocycles. The topological polar surface area (TPSA) is 56.7 Å². The predicted octanol–water partition coefficient (Wildman–Crippen LogP) is 5.28. The van der Waals surface area contributed by atoms with E-state index < -0.39 is 0 Å². The van der Waals surface area contributed by atoms with Gasteiger partial charge in [-0.3, -0.25) is 4.79 Å². The van der Waals surface area contributed by atoms with Crippen molar-refractivity contribution in [3.63, 3.8) is 0 Å². The molecule has 0 heterocycles. The first kappa shape index (κ1) is 27.4. The first-order valence-electron chi connectivity index (χ1n) is 11.5. The van der Waals surface area contributed by atoms with E-state index in [9.17, 15) is 4.79 Å². The summed E-state index contributed by atoms with van der Waals surface area (Å²) >= 11 is 0. The molecule has 0 aliphatic rings. The number of aliphatic imine (C=N–C) groups is 1. The predicted molar refractivity (Wildman–Crippen MR) is 152 cm³/mol. The summed E-state index contributed by atoms with van der Waals surface area (Å²) in [5.74, 6) is 1.13. The average molecular weight is 571 g/mol. The van der Waals surface area contributed by atoms with Crippen LogP contribution in [-0.2, 0) is 6.54 Å². The van der Waals surface area contributed by atoms with Crippen molar-refractivity contribution in [2.24, 2.45) is 4.99 Å². The van der Waals surface area contributed by atoms with Gasteiger partial charge in [0.25, 0.3) is 5.91 Å². The Hall–Kier alpha value is -2.87. The Balaban J connectivity index is 0.00000408. The average Bonchev–Trinajstić information content (AvgIpc) is 2.86. The monoisotopic (exact) mass is 570 g/mol. The minimum atomic E-state index is 0. The highest BCUT2D eigenvalue weighted by Gasteiger charge is 2.14. The van der Waals surface area contributed by atoms with E-state index in [-0.39, 0.29) is 29.9 Å². The summed E-state index contributed by atoms with van der Waals surface area (Å²) in [6, 6.07) is 28.9. The molecule has 0 unspecified atom stereocenters. The van der Waals surface area contributed by atoms with Gasteiger partial charge in [0.15, 0.2) is 5.96 Å². The number of nitrogens with one attached hydrogen (secondary N) is 2. The van der Waals surface area contributed by atoms with Gasteiger partial charge in [-0.1, -0.05) is 72.8 Å². The highest BCUT2D eigenvalue weighted by Crippen LogP contribution is 2.27. The second-order valence-electron chi connectivity index (χ2n) is 8.18. The summed E-state index contributed by atoms with van der Waals surface area (Å²) in [7, 11) is 3.52. The fourth-order valence-electron chi connectivity index (χ4n) is 3.75. The standard InChI is InChI=1S/C28H34N4O.HI/c1-4-29-28(31-21-22-15-17-25(18-16-22)27(33)32(2)3)30-20-19-26(23-11-7-5-8-12-23)24-13-9-6-10-14-24;/h5-18,26H,4,19-21H2,1-3H3,(H2,29,30,31);1H. The van der Waals surface area contributed by atoms with Gasteiger partial charge in [0.2, 0.25) is 0 Å². The third-order valence-electron chi connectivity index (χ3n) is 5.50. The van der Waals surface area contributed by atoms with Crippen molar-refractivity contribution in [2.75, 3.05) is 27.2 Å². The van der Waals surface area contributed by atoms with Crippen LogP contribution in [0.3, 0.4) is 0 Å². The molecule has 0 spiro atoms. The van der Waals surface area contributed by atoms with Crippen LogP contribution in [0.4, 0.5) is 0 Å². The van der Waals surface area contributed by atoms with Crippen LogP contribution in [0, 0.1) is 0 Å². The molecule has 0 atom stereocenters. The Bertz CT molecular complexity index is 982. The fraction of sp³-hybridized carbons (Fsp3) is 0.286. The Kier molecular flexibility index (Phi) is 11.6. The lowest BCUT2D eigenvalue weighted by molar-refractivity contribution is 0.0827. The van der Waals surface area contributed by atoms with E-state index in [0.29, 0.717) is 18.0 Å². The maximum Gasteiger partial charge on any atom is 0.253 e. The minimum absolute atomic E-state index is 0. The van der Waals surface area contributed by atoms with E-state index in [2.05, 4.69) is 78.2 Å². The lowest BCUT2D eigenvalue weighted by Crippen LogP contribution is -2.38. The smallest absolute Gasteiger partial charge is 0.253 e. The van der Waals surface area contributed by atoms with Gasteiger partial charge in [-0.05, 0) is 42.2 Å². The summed E-state index contributed by atoms with van der Waals surface area (Å²) in [6.07, 6.45) is 0.958. The molecule has 3 rings (SSSR count). The van der Waals surface area contributed by atoms with Crippen LogP contribution in [0.15, 0.2) is 89.9 Å². The van der Waals surface area contributed by atoms with Crippen LogP contribution in [-0.4, -0.2) is 44.0 Å². The van der Waals surface area contributed by atoms with Gasteiger partial charge in [0.1, 0.15) is 0 Å². The molecule has 0 aliphatic carbocycles. The van der Waals surface area contributed by atoms with Gasteiger partial charge >= 0.3 is 0 Å². The number of hydrogen-bond donors (Lipinski definition) is 2. The Labute approximate surface area is 220 Å². The molecular weight excluding hydrogens is 535 g/mol. The SMILES string of the molecule is CCNC(=NCc1ccc(C(=O)N(C)C)cc1)NCCC(c1ccccc1)c1ccccc1.I. The zero-order valence-corrected chi connectivity index (χ0v) is 22.5. The molecular formula is C28H35IN4O. The van der Waals surface area contributed by atoms with Crippen LogP contribution in [0.2, 0.25) is 0 Å². The number of carbonyl (C=O) groups is 1. The summed E-state index contributed by atoms with van der Waals surface area (Å²) in [6.45, 7) is 4.21. The fourth-order valence-corrected chi connectivity index (χ4v) is 3.75. The van der Waals surface area contributed by atoms with Gasteiger partial charge in [-0.25, -0.2) is 4.99 Å². The number of amides is 1. The zero-order chi connectivity index (χ0) is 23.5. The molecule has 1 amide bonds.